The van der Waals surface area contributed by atoms with Gasteiger partial charge in [0.2, 0.25) is 5.95 Å². The standard InChI is InChI=1S/C19H26N4O3/c1-23(11-8-13-4-5-16(25-2)17(12-13)26-3)19-21-15-7-10-20-9-6-14(15)18(24)22-19/h4-5,12,20H,6-11H2,1-3H3,(H,21,22,24). The van der Waals surface area contributed by atoms with Crippen molar-refractivity contribution in [1.29, 1.82) is 0 Å². The monoisotopic (exact) mass is 358 g/mol. The maximum Gasteiger partial charge on any atom is 0.255 e. The Morgan fingerprint density at radius 2 is 1.92 bits per heavy atom. The minimum atomic E-state index is -0.0216. The zero-order valence-electron chi connectivity index (χ0n) is 15.6. The van der Waals surface area contributed by atoms with Gasteiger partial charge in [-0.1, -0.05) is 6.07 Å². The highest BCUT2D eigenvalue weighted by Crippen LogP contribution is 2.27. The first-order valence-electron chi connectivity index (χ1n) is 8.87. The number of ether oxygens (including phenoxy) is 2. The third-order valence-electron chi connectivity index (χ3n) is 4.72. The molecule has 1 aromatic carbocycles. The van der Waals surface area contributed by atoms with E-state index in [0.29, 0.717) is 5.95 Å². The molecule has 1 aliphatic heterocycles. The van der Waals surface area contributed by atoms with Gasteiger partial charge in [-0.2, -0.15) is 0 Å². The van der Waals surface area contributed by atoms with Crippen LogP contribution in [0.1, 0.15) is 16.8 Å². The molecule has 0 bridgehead atoms. The quantitative estimate of drug-likeness (QED) is 0.807. The van der Waals surface area contributed by atoms with Crippen LogP contribution in [0.5, 0.6) is 11.5 Å². The highest BCUT2D eigenvalue weighted by Gasteiger charge is 2.16. The third-order valence-corrected chi connectivity index (χ3v) is 4.72. The van der Waals surface area contributed by atoms with Crippen molar-refractivity contribution >= 4 is 5.95 Å². The summed E-state index contributed by atoms with van der Waals surface area (Å²) in [5, 5.41) is 3.31. The Kier molecular flexibility index (Phi) is 5.78. The van der Waals surface area contributed by atoms with E-state index in [1.807, 2.05) is 30.1 Å². The zero-order valence-corrected chi connectivity index (χ0v) is 15.6. The van der Waals surface area contributed by atoms with E-state index >= 15 is 0 Å². The minimum Gasteiger partial charge on any atom is -0.493 e. The van der Waals surface area contributed by atoms with Gasteiger partial charge < -0.3 is 19.7 Å². The van der Waals surface area contributed by atoms with Gasteiger partial charge in [-0.3, -0.25) is 9.78 Å². The second-order valence-electron chi connectivity index (χ2n) is 6.43. The van der Waals surface area contributed by atoms with Gasteiger partial charge in [0.15, 0.2) is 11.5 Å². The molecular weight excluding hydrogens is 332 g/mol. The van der Waals surface area contributed by atoms with Gasteiger partial charge >= 0.3 is 0 Å². The lowest BCUT2D eigenvalue weighted by Crippen LogP contribution is -2.28. The molecule has 140 valence electrons. The van der Waals surface area contributed by atoms with Gasteiger partial charge in [0.25, 0.3) is 5.56 Å². The summed E-state index contributed by atoms with van der Waals surface area (Å²) in [6, 6.07) is 5.91. The molecule has 0 aliphatic carbocycles. The smallest absolute Gasteiger partial charge is 0.255 e. The molecule has 3 rings (SSSR count). The number of methoxy groups -OCH3 is 2. The van der Waals surface area contributed by atoms with Gasteiger partial charge in [-0.05, 0) is 37.1 Å². The Balaban J connectivity index is 1.72. The summed E-state index contributed by atoms with van der Waals surface area (Å²) < 4.78 is 10.6. The first-order valence-corrected chi connectivity index (χ1v) is 8.87. The number of hydrogen-bond acceptors (Lipinski definition) is 6. The summed E-state index contributed by atoms with van der Waals surface area (Å²) in [4.78, 5) is 22.0. The fraction of sp³-hybridized carbons (Fsp3) is 0.474. The molecule has 0 saturated heterocycles. The predicted octanol–water partition coefficient (Wildman–Crippen LogP) is 1.15. The van der Waals surface area contributed by atoms with E-state index in [0.717, 1.165) is 67.2 Å². The maximum atomic E-state index is 12.4. The average Bonchev–Trinajstić information content (AvgIpc) is 2.91. The molecule has 2 heterocycles. The second kappa shape index (κ2) is 8.23. The summed E-state index contributed by atoms with van der Waals surface area (Å²) >= 11 is 0. The molecule has 2 aromatic rings. The molecule has 0 amide bonds. The lowest BCUT2D eigenvalue weighted by Gasteiger charge is -2.19. The number of anilines is 1. The Labute approximate surface area is 153 Å². The number of aromatic nitrogens is 2. The Hall–Kier alpha value is -2.54. The highest BCUT2D eigenvalue weighted by molar-refractivity contribution is 5.43. The van der Waals surface area contributed by atoms with E-state index in [4.69, 9.17) is 14.5 Å². The fourth-order valence-electron chi connectivity index (χ4n) is 3.16. The summed E-state index contributed by atoms with van der Waals surface area (Å²) in [5.41, 5.74) is 2.83. The van der Waals surface area contributed by atoms with Crippen LogP contribution < -0.4 is 25.2 Å². The van der Waals surface area contributed by atoms with E-state index in [1.54, 1.807) is 14.2 Å². The Bertz CT molecular complexity index is 819. The number of likely N-dealkylation sites (N-methyl/N-ethyl adjacent to an activating group) is 1. The SMILES string of the molecule is COc1ccc(CCN(C)c2nc3c(c(=O)[nH]2)CCNCC3)cc1OC. The number of benzene rings is 1. The van der Waals surface area contributed by atoms with E-state index in [-0.39, 0.29) is 5.56 Å². The van der Waals surface area contributed by atoms with Crippen molar-refractivity contribution < 1.29 is 9.47 Å². The topological polar surface area (TPSA) is 79.5 Å². The second-order valence-corrected chi connectivity index (χ2v) is 6.43. The van der Waals surface area contributed by atoms with Crippen LogP contribution in [-0.4, -0.2) is 50.9 Å². The molecule has 0 fully saturated rings. The van der Waals surface area contributed by atoms with Crippen LogP contribution in [0.15, 0.2) is 23.0 Å². The van der Waals surface area contributed by atoms with Crippen molar-refractivity contribution in [2.75, 3.05) is 45.8 Å². The van der Waals surface area contributed by atoms with E-state index in [2.05, 4.69) is 10.3 Å². The van der Waals surface area contributed by atoms with Crippen LogP contribution in [0.25, 0.3) is 0 Å². The zero-order chi connectivity index (χ0) is 18.5. The van der Waals surface area contributed by atoms with Crippen molar-refractivity contribution in [2.45, 2.75) is 19.3 Å². The van der Waals surface area contributed by atoms with Crippen LogP contribution in [0, 0.1) is 0 Å². The molecule has 0 unspecified atom stereocenters. The number of rotatable bonds is 6. The lowest BCUT2D eigenvalue weighted by molar-refractivity contribution is 0.354. The number of H-pyrrole nitrogens is 1. The largest absolute Gasteiger partial charge is 0.493 e. The highest BCUT2D eigenvalue weighted by atomic mass is 16.5. The lowest BCUT2D eigenvalue weighted by atomic mass is 10.1. The molecule has 26 heavy (non-hydrogen) atoms. The molecule has 1 aliphatic rings. The number of nitrogens with zero attached hydrogens (tertiary/aromatic N) is 2. The van der Waals surface area contributed by atoms with Gasteiger partial charge in [-0.15, -0.1) is 0 Å². The van der Waals surface area contributed by atoms with E-state index in [9.17, 15) is 4.79 Å². The van der Waals surface area contributed by atoms with Crippen molar-refractivity contribution in [2.24, 2.45) is 0 Å². The molecule has 2 N–H and O–H groups in total. The summed E-state index contributed by atoms with van der Waals surface area (Å²) in [6.45, 7) is 2.42. The fourth-order valence-corrected chi connectivity index (χ4v) is 3.16. The summed E-state index contributed by atoms with van der Waals surface area (Å²) in [7, 11) is 5.20. The molecule has 0 spiro atoms. The molecule has 7 nitrogen and oxygen atoms in total. The van der Waals surface area contributed by atoms with Crippen LogP contribution in [-0.2, 0) is 19.3 Å². The van der Waals surface area contributed by atoms with Gasteiger partial charge in [0, 0.05) is 32.1 Å². The van der Waals surface area contributed by atoms with Gasteiger partial charge in [0.05, 0.1) is 19.9 Å². The van der Waals surface area contributed by atoms with Gasteiger partial charge in [0.1, 0.15) is 0 Å². The average molecular weight is 358 g/mol. The van der Waals surface area contributed by atoms with E-state index in [1.165, 1.54) is 0 Å². The maximum absolute atomic E-state index is 12.4. The van der Waals surface area contributed by atoms with E-state index < -0.39 is 0 Å². The van der Waals surface area contributed by atoms with Crippen molar-refractivity contribution in [3.63, 3.8) is 0 Å². The number of hydrogen-bond donors (Lipinski definition) is 2. The van der Waals surface area contributed by atoms with Crippen LogP contribution in [0.2, 0.25) is 0 Å². The number of aromatic amines is 1. The minimum absolute atomic E-state index is 0.0216. The molecule has 0 radical (unpaired) electrons. The van der Waals surface area contributed by atoms with Crippen molar-refractivity contribution in [3.8, 4) is 11.5 Å². The Morgan fingerprint density at radius 3 is 2.69 bits per heavy atom. The normalized spacial score (nSPS) is 13.7. The first-order chi connectivity index (χ1) is 12.6. The van der Waals surface area contributed by atoms with Crippen LogP contribution in [0.4, 0.5) is 5.95 Å². The molecule has 1 aromatic heterocycles. The molecule has 7 heteroatoms. The molecule has 0 saturated carbocycles. The first kappa shape index (κ1) is 18.3. The Morgan fingerprint density at radius 1 is 1.15 bits per heavy atom. The summed E-state index contributed by atoms with van der Waals surface area (Å²) in [5.74, 6) is 2.06. The summed E-state index contributed by atoms with van der Waals surface area (Å²) in [6.07, 6.45) is 2.32. The third kappa shape index (κ3) is 3.99. The van der Waals surface area contributed by atoms with Crippen molar-refractivity contribution in [3.05, 3.63) is 45.4 Å². The van der Waals surface area contributed by atoms with Crippen LogP contribution >= 0.6 is 0 Å². The predicted molar refractivity (Wildman–Crippen MR) is 102 cm³/mol. The number of nitrogens with one attached hydrogen (secondary N) is 2. The van der Waals surface area contributed by atoms with Crippen molar-refractivity contribution in [1.82, 2.24) is 15.3 Å². The number of fused-ring (bicyclic) bond motifs is 1. The molecular formula is C19H26N4O3. The van der Waals surface area contributed by atoms with Gasteiger partial charge in [-0.25, -0.2) is 4.98 Å². The molecule has 0 atom stereocenters. The van der Waals surface area contributed by atoms with Crippen LogP contribution in [0.3, 0.4) is 0 Å².